The Bertz CT molecular complexity index is 622. The first-order valence-corrected chi connectivity index (χ1v) is 7.69. The van der Waals surface area contributed by atoms with Crippen LogP contribution in [0.2, 0.25) is 0 Å². The van der Waals surface area contributed by atoms with E-state index in [9.17, 15) is 4.79 Å². The van der Waals surface area contributed by atoms with Crippen LogP contribution in [0.1, 0.15) is 10.5 Å². The number of amidine groups is 1. The molecule has 0 bridgehead atoms. The fraction of sp³-hybridized carbons (Fsp3) is 0.154. The zero-order chi connectivity index (χ0) is 13.1. The molecule has 1 aromatic carbocycles. The molecule has 0 radical (unpaired) electrons. The predicted molar refractivity (Wildman–Crippen MR) is 79.8 cm³/mol. The molecule has 3 rings (SSSR count). The first kappa shape index (κ1) is 12.4. The molecule has 1 amide bonds. The summed E-state index contributed by atoms with van der Waals surface area (Å²) in [5.74, 6) is 0.744. The molecule has 96 valence electrons. The summed E-state index contributed by atoms with van der Waals surface area (Å²) >= 11 is 3.03. The first-order valence-electron chi connectivity index (χ1n) is 5.82. The fourth-order valence-corrected chi connectivity index (χ4v) is 3.19. The van der Waals surface area contributed by atoms with Crippen LogP contribution in [-0.4, -0.2) is 28.4 Å². The number of carbonyl (C=O) groups excluding carboxylic acids is 1. The van der Waals surface area contributed by atoms with E-state index in [1.165, 1.54) is 11.3 Å². The molecule has 19 heavy (non-hydrogen) atoms. The highest BCUT2D eigenvalue weighted by Crippen LogP contribution is 2.23. The van der Waals surface area contributed by atoms with Gasteiger partial charge in [0.05, 0.1) is 6.54 Å². The molecule has 0 saturated heterocycles. The van der Waals surface area contributed by atoms with E-state index in [2.05, 4.69) is 15.3 Å². The molecule has 2 heterocycles. The SMILES string of the molecule is O=C(NC1=NCCS1)c1csc(-c2ccccc2)n1. The highest BCUT2D eigenvalue weighted by molar-refractivity contribution is 8.14. The molecule has 0 aliphatic carbocycles. The molecular formula is C13H11N3OS2. The normalized spacial score (nSPS) is 14.2. The van der Waals surface area contributed by atoms with E-state index >= 15 is 0 Å². The Labute approximate surface area is 119 Å². The van der Waals surface area contributed by atoms with Gasteiger partial charge in [-0.1, -0.05) is 42.1 Å². The summed E-state index contributed by atoms with van der Waals surface area (Å²) in [5, 5.41) is 6.10. The van der Waals surface area contributed by atoms with E-state index in [1.807, 2.05) is 30.3 Å². The van der Waals surface area contributed by atoms with Gasteiger partial charge in [-0.3, -0.25) is 15.1 Å². The van der Waals surface area contributed by atoms with Crippen LogP contribution >= 0.6 is 23.1 Å². The molecule has 4 nitrogen and oxygen atoms in total. The zero-order valence-electron chi connectivity index (χ0n) is 10.00. The van der Waals surface area contributed by atoms with Crippen molar-refractivity contribution in [3.8, 4) is 10.6 Å². The third-order valence-electron chi connectivity index (χ3n) is 2.56. The van der Waals surface area contributed by atoms with Crippen molar-refractivity contribution >= 4 is 34.2 Å². The topological polar surface area (TPSA) is 54.4 Å². The number of aliphatic imine (C=N–C) groups is 1. The van der Waals surface area contributed by atoms with Crippen molar-refractivity contribution in [1.82, 2.24) is 10.3 Å². The molecule has 0 spiro atoms. The maximum atomic E-state index is 12.0. The largest absolute Gasteiger partial charge is 0.300 e. The van der Waals surface area contributed by atoms with Gasteiger partial charge < -0.3 is 0 Å². The Morgan fingerprint density at radius 1 is 1.26 bits per heavy atom. The van der Waals surface area contributed by atoms with Gasteiger partial charge in [0.2, 0.25) is 0 Å². The minimum Gasteiger partial charge on any atom is -0.300 e. The van der Waals surface area contributed by atoms with Crippen molar-refractivity contribution in [1.29, 1.82) is 0 Å². The number of hydrogen-bond acceptors (Lipinski definition) is 5. The van der Waals surface area contributed by atoms with E-state index < -0.39 is 0 Å². The summed E-state index contributed by atoms with van der Waals surface area (Å²) in [6.07, 6.45) is 0. The Morgan fingerprint density at radius 2 is 2.11 bits per heavy atom. The minimum atomic E-state index is -0.188. The average molecular weight is 289 g/mol. The Hall–Kier alpha value is -1.66. The van der Waals surface area contributed by atoms with E-state index in [0.29, 0.717) is 10.9 Å². The molecule has 1 aliphatic heterocycles. The molecule has 2 aromatic rings. The van der Waals surface area contributed by atoms with Crippen LogP contribution in [-0.2, 0) is 0 Å². The zero-order valence-corrected chi connectivity index (χ0v) is 11.6. The summed E-state index contributed by atoms with van der Waals surface area (Å²) in [4.78, 5) is 20.5. The maximum absolute atomic E-state index is 12.0. The Balaban J connectivity index is 1.76. The standard InChI is InChI=1S/C13H11N3OS2/c17-11(16-13-14-6-7-18-13)10-8-19-12(15-10)9-4-2-1-3-5-9/h1-5,8H,6-7H2,(H,14,16,17). The highest BCUT2D eigenvalue weighted by atomic mass is 32.2. The molecule has 0 fully saturated rings. The minimum absolute atomic E-state index is 0.188. The number of rotatable bonds is 2. The van der Waals surface area contributed by atoms with Crippen LogP contribution in [0.5, 0.6) is 0 Å². The molecule has 0 unspecified atom stereocenters. The van der Waals surface area contributed by atoms with Crippen molar-refractivity contribution < 1.29 is 4.79 Å². The highest BCUT2D eigenvalue weighted by Gasteiger charge is 2.15. The number of carbonyl (C=O) groups is 1. The lowest BCUT2D eigenvalue weighted by Gasteiger charge is -2.00. The molecular weight excluding hydrogens is 278 g/mol. The summed E-state index contributed by atoms with van der Waals surface area (Å²) in [5.41, 5.74) is 1.47. The number of nitrogens with zero attached hydrogens (tertiary/aromatic N) is 2. The average Bonchev–Trinajstić information content (AvgIpc) is 3.10. The second-order valence-electron chi connectivity index (χ2n) is 3.89. The van der Waals surface area contributed by atoms with Gasteiger partial charge in [0, 0.05) is 16.7 Å². The number of hydrogen-bond donors (Lipinski definition) is 1. The Kier molecular flexibility index (Phi) is 3.61. The molecule has 0 atom stereocenters. The van der Waals surface area contributed by atoms with Crippen molar-refractivity contribution in [2.45, 2.75) is 0 Å². The fourth-order valence-electron chi connectivity index (χ4n) is 1.66. The lowest BCUT2D eigenvalue weighted by atomic mass is 10.2. The quantitative estimate of drug-likeness (QED) is 0.924. The van der Waals surface area contributed by atoms with Gasteiger partial charge in [-0.15, -0.1) is 11.3 Å². The van der Waals surface area contributed by atoms with E-state index in [1.54, 1.807) is 17.1 Å². The van der Waals surface area contributed by atoms with Crippen LogP contribution in [0.3, 0.4) is 0 Å². The van der Waals surface area contributed by atoms with Crippen LogP contribution in [0.15, 0.2) is 40.7 Å². The van der Waals surface area contributed by atoms with E-state index in [0.717, 1.165) is 22.9 Å². The van der Waals surface area contributed by atoms with Gasteiger partial charge >= 0.3 is 0 Å². The van der Waals surface area contributed by atoms with Gasteiger partial charge in [-0.2, -0.15) is 0 Å². The number of aromatic nitrogens is 1. The Morgan fingerprint density at radius 3 is 2.84 bits per heavy atom. The number of thiazole rings is 1. The van der Waals surface area contributed by atoms with E-state index in [-0.39, 0.29) is 5.91 Å². The third kappa shape index (κ3) is 2.85. The van der Waals surface area contributed by atoms with Gasteiger partial charge in [-0.05, 0) is 0 Å². The number of benzene rings is 1. The van der Waals surface area contributed by atoms with Gasteiger partial charge in [-0.25, -0.2) is 4.98 Å². The van der Waals surface area contributed by atoms with Crippen molar-refractivity contribution in [3.63, 3.8) is 0 Å². The van der Waals surface area contributed by atoms with Crippen LogP contribution in [0.4, 0.5) is 0 Å². The molecule has 1 N–H and O–H groups in total. The van der Waals surface area contributed by atoms with Crippen LogP contribution in [0, 0.1) is 0 Å². The number of amides is 1. The monoisotopic (exact) mass is 289 g/mol. The summed E-state index contributed by atoms with van der Waals surface area (Å²) in [6, 6.07) is 9.84. The lowest BCUT2D eigenvalue weighted by Crippen LogP contribution is -2.27. The summed E-state index contributed by atoms with van der Waals surface area (Å²) in [6.45, 7) is 0.770. The lowest BCUT2D eigenvalue weighted by molar-refractivity contribution is 0.0974. The van der Waals surface area contributed by atoms with E-state index in [4.69, 9.17) is 0 Å². The molecule has 1 aromatic heterocycles. The maximum Gasteiger partial charge on any atom is 0.276 e. The van der Waals surface area contributed by atoms with Crippen molar-refractivity contribution in [2.75, 3.05) is 12.3 Å². The summed E-state index contributed by atoms with van der Waals surface area (Å²) < 4.78 is 0. The second-order valence-corrected chi connectivity index (χ2v) is 5.84. The van der Waals surface area contributed by atoms with Gasteiger partial charge in [0.15, 0.2) is 5.17 Å². The van der Waals surface area contributed by atoms with Crippen molar-refractivity contribution in [2.24, 2.45) is 4.99 Å². The first-order chi connectivity index (χ1) is 9.33. The molecule has 0 saturated carbocycles. The molecule has 1 aliphatic rings. The second kappa shape index (κ2) is 5.54. The number of nitrogens with one attached hydrogen (secondary N) is 1. The third-order valence-corrected chi connectivity index (χ3v) is 4.35. The van der Waals surface area contributed by atoms with Crippen LogP contribution in [0.25, 0.3) is 10.6 Å². The number of thioether (sulfide) groups is 1. The van der Waals surface area contributed by atoms with Crippen molar-refractivity contribution in [3.05, 3.63) is 41.4 Å². The van der Waals surface area contributed by atoms with Gasteiger partial charge in [0.1, 0.15) is 10.7 Å². The predicted octanol–water partition coefficient (Wildman–Crippen LogP) is 2.64. The van der Waals surface area contributed by atoms with Crippen LogP contribution < -0.4 is 5.32 Å². The smallest absolute Gasteiger partial charge is 0.276 e. The van der Waals surface area contributed by atoms with Gasteiger partial charge in [0.25, 0.3) is 5.91 Å². The molecule has 6 heteroatoms. The summed E-state index contributed by atoms with van der Waals surface area (Å²) in [7, 11) is 0.